The molecule has 4 aromatic heterocycles. The molecule has 0 amide bonds. The molecule has 18 aromatic carbocycles. The summed E-state index contributed by atoms with van der Waals surface area (Å²) < 4.78 is 0. The number of para-hydroxylation sites is 3. The van der Waals surface area contributed by atoms with Gasteiger partial charge in [-0.1, -0.05) is 400 Å². The van der Waals surface area contributed by atoms with Crippen molar-refractivity contribution in [2.24, 2.45) is 0 Å². The lowest BCUT2D eigenvalue weighted by Gasteiger charge is -2.17. The second-order valence-corrected chi connectivity index (χ2v) is 30.2. The molecule has 4 heteroatoms. The van der Waals surface area contributed by atoms with Crippen LogP contribution in [0.1, 0.15) is 0 Å². The maximum absolute atomic E-state index is 5.51. The van der Waals surface area contributed by atoms with Gasteiger partial charge < -0.3 is 0 Å². The summed E-state index contributed by atoms with van der Waals surface area (Å²) in [6, 6.07) is 161. The zero-order valence-corrected chi connectivity index (χ0v) is 64.5. The summed E-state index contributed by atoms with van der Waals surface area (Å²) in [5, 5.41) is 10.3. The molecule has 0 unspecified atom stereocenters. The van der Waals surface area contributed by atoms with Gasteiger partial charge in [0.05, 0.1) is 44.7 Å². The number of pyridine rings is 4. The van der Waals surface area contributed by atoms with Gasteiger partial charge in [0.25, 0.3) is 0 Å². The highest BCUT2D eigenvalue weighted by Gasteiger charge is 2.22. The summed E-state index contributed by atoms with van der Waals surface area (Å²) in [4.78, 5) is 21.1. The highest BCUT2D eigenvalue weighted by Crippen LogP contribution is 2.46. The monoisotopic (exact) mass is 1500 g/mol. The molecular formula is C114H74N4. The van der Waals surface area contributed by atoms with E-state index in [0.717, 1.165) is 127 Å². The number of nitrogens with zero attached hydrogens (tertiary/aromatic N) is 4. The van der Waals surface area contributed by atoms with E-state index in [0.29, 0.717) is 0 Å². The fraction of sp³-hybridized carbons (Fsp3) is 0. The average Bonchev–Trinajstić information content (AvgIpc) is 0.743. The first-order valence-electron chi connectivity index (χ1n) is 40.3. The quantitative estimate of drug-likeness (QED) is 0.0853. The molecule has 0 N–H and O–H groups in total. The maximum Gasteiger partial charge on any atom is 0.0794 e. The van der Waals surface area contributed by atoms with Crippen molar-refractivity contribution in [1.82, 2.24) is 19.9 Å². The van der Waals surface area contributed by atoms with E-state index in [2.05, 4.69) is 449 Å². The first kappa shape index (κ1) is 70.3. The van der Waals surface area contributed by atoms with E-state index >= 15 is 0 Å². The first-order chi connectivity index (χ1) is 58.5. The number of benzene rings is 18. The van der Waals surface area contributed by atoms with Crippen LogP contribution in [0.25, 0.3) is 221 Å². The fourth-order valence-corrected chi connectivity index (χ4v) is 17.2. The van der Waals surface area contributed by atoms with Crippen LogP contribution in [0.3, 0.4) is 0 Å². The summed E-state index contributed by atoms with van der Waals surface area (Å²) in [6.45, 7) is 0. The van der Waals surface area contributed by atoms with E-state index in [-0.39, 0.29) is 0 Å². The van der Waals surface area contributed by atoms with Crippen LogP contribution in [-0.2, 0) is 0 Å². The van der Waals surface area contributed by atoms with Gasteiger partial charge in [-0.15, -0.1) is 0 Å². The van der Waals surface area contributed by atoms with Gasteiger partial charge >= 0.3 is 0 Å². The Labute approximate surface area is 685 Å². The third kappa shape index (κ3) is 13.5. The molecule has 0 radical (unpaired) electrons. The van der Waals surface area contributed by atoms with Crippen molar-refractivity contribution in [2.45, 2.75) is 0 Å². The molecule has 22 rings (SSSR count). The van der Waals surface area contributed by atoms with E-state index in [1.165, 1.54) is 94.2 Å². The van der Waals surface area contributed by atoms with Crippen LogP contribution in [0, 0.1) is 0 Å². The normalized spacial score (nSPS) is 11.4. The Morgan fingerprint density at radius 1 is 0.119 bits per heavy atom. The van der Waals surface area contributed by atoms with E-state index in [9.17, 15) is 0 Å². The summed E-state index contributed by atoms with van der Waals surface area (Å²) in [7, 11) is 0. The van der Waals surface area contributed by atoms with E-state index in [1.54, 1.807) is 0 Å². The van der Waals surface area contributed by atoms with Crippen molar-refractivity contribution >= 4 is 76.1 Å². The minimum Gasteiger partial charge on any atom is -0.248 e. The molecule has 0 bridgehead atoms. The van der Waals surface area contributed by atoms with Crippen LogP contribution in [0.5, 0.6) is 0 Å². The van der Waals surface area contributed by atoms with Crippen molar-refractivity contribution < 1.29 is 0 Å². The Bertz CT molecular complexity index is 7430. The minimum atomic E-state index is 0.928. The molecule has 0 saturated carbocycles. The average molecular weight is 1500 g/mol. The van der Waals surface area contributed by atoms with Gasteiger partial charge in [-0.05, 0) is 165 Å². The molecule has 0 saturated heterocycles. The van der Waals surface area contributed by atoms with Crippen LogP contribution < -0.4 is 0 Å². The summed E-state index contributed by atoms with van der Waals surface area (Å²) in [5.41, 5.74) is 34.6. The number of rotatable bonds is 13. The SMILES string of the molecule is c1ccc(-c2ccc(-c3cc4c(-c5ccc(-c6ccccc6)cc5)cc(-c5ccc(-c6c7ccccc7nc7ccccc67)cc5)nc4c4ccccc34)cc2)cc1.c1ccc(-c2ccc(-c3cc4c(-c5ccc(-c6ccccc6)cc5)cc(-c5ccc(-c6cc(-c7ccccc7)c7ccccc7n6)cc5)nc4c4ccccc34)cc2)cc1. The standard InChI is InChI=1S/C58H38N2.C56H36N2/c1-4-14-39(15-5-1)41-24-28-44(29-25-41)51-36-54-53(45-30-26-42(27-31-45)40-16-6-2-7-17-40)38-57(60-58(54)50-22-11-10-20-48(50)51)47-34-32-46(33-35-47)56-37-52(43-18-8-3-9-19-43)49-21-12-13-23-55(49)59-56;1-3-13-37(14-4-1)39-23-27-41(28-24-39)49-35-51-50(42-29-25-40(26-30-42)38-15-5-2-6-16-38)36-54(58-56(51)46-18-8-7-17-45(46)49)43-31-33-44(34-32-43)55-47-19-9-11-21-52(47)57-53-22-12-10-20-48(53)55/h1-38H;1-36H. The highest BCUT2D eigenvalue weighted by atomic mass is 14.7. The fourth-order valence-electron chi connectivity index (χ4n) is 17.2. The van der Waals surface area contributed by atoms with Crippen molar-refractivity contribution in [3.63, 3.8) is 0 Å². The lowest BCUT2D eigenvalue weighted by molar-refractivity contribution is 1.38. The van der Waals surface area contributed by atoms with E-state index < -0.39 is 0 Å². The molecule has 118 heavy (non-hydrogen) atoms. The first-order valence-corrected chi connectivity index (χ1v) is 40.3. The predicted octanol–water partition coefficient (Wildman–Crippen LogP) is 30.7. The molecule has 0 spiro atoms. The Kier molecular flexibility index (Phi) is 18.3. The van der Waals surface area contributed by atoms with Crippen LogP contribution >= 0.6 is 0 Å². The van der Waals surface area contributed by atoms with Crippen molar-refractivity contribution in [1.29, 1.82) is 0 Å². The molecule has 22 aromatic rings. The molecule has 4 nitrogen and oxygen atoms in total. The number of hydrogen-bond donors (Lipinski definition) is 0. The lowest BCUT2D eigenvalue weighted by atomic mass is 9.90. The maximum atomic E-state index is 5.51. The Morgan fingerprint density at radius 2 is 0.331 bits per heavy atom. The second-order valence-electron chi connectivity index (χ2n) is 30.2. The molecular weight excluding hydrogens is 1430 g/mol. The molecule has 0 fully saturated rings. The summed E-state index contributed by atoms with van der Waals surface area (Å²) in [6.07, 6.45) is 0. The lowest BCUT2D eigenvalue weighted by Crippen LogP contribution is -1.94. The molecule has 0 aliphatic heterocycles. The molecule has 550 valence electrons. The van der Waals surface area contributed by atoms with Gasteiger partial charge in [0, 0.05) is 60.0 Å². The Hall–Kier alpha value is -15.6. The number of aromatic nitrogens is 4. The minimum absolute atomic E-state index is 0.928. The topological polar surface area (TPSA) is 51.6 Å². The van der Waals surface area contributed by atoms with Gasteiger partial charge in [0.15, 0.2) is 0 Å². The summed E-state index contributed by atoms with van der Waals surface area (Å²) >= 11 is 0. The second kappa shape index (κ2) is 30.7. The van der Waals surface area contributed by atoms with Gasteiger partial charge in [-0.2, -0.15) is 0 Å². The van der Waals surface area contributed by atoms with Gasteiger partial charge in [0.2, 0.25) is 0 Å². The van der Waals surface area contributed by atoms with Gasteiger partial charge in [-0.25, -0.2) is 19.9 Å². The van der Waals surface area contributed by atoms with Crippen molar-refractivity contribution in [3.05, 3.63) is 449 Å². The van der Waals surface area contributed by atoms with Crippen molar-refractivity contribution in [3.8, 4) is 145 Å². The van der Waals surface area contributed by atoms with Gasteiger partial charge in [0.1, 0.15) is 0 Å². The molecule has 0 aliphatic carbocycles. The highest BCUT2D eigenvalue weighted by molar-refractivity contribution is 6.18. The third-order valence-electron chi connectivity index (χ3n) is 23.2. The van der Waals surface area contributed by atoms with Crippen LogP contribution in [0.4, 0.5) is 0 Å². The molecule has 4 heterocycles. The Balaban J connectivity index is 0.000000147. The number of fused-ring (bicyclic) bond motifs is 9. The van der Waals surface area contributed by atoms with Crippen LogP contribution in [0.15, 0.2) is 449 Å². The third-order valence-corrected chi connectivity index (χ3v) is 23.2. The van der Waals surface area contributed by atoms with Gasteiger partial charge in [-0.3, -0.25) is 0 Å². The number of hydrogen-bond acceptors (Lipinski definition) is 4. The largest absolute Gasteiger partial charge is 0.248 e. The smallest absolute Gasteiger partial charge is 0.0794 e. The predicted molar refractivity (Wildman–Crippen MR) is 497 cm³/mol. The van der Waals surface area contributed by atoms with E-state index in [1.807, 2.05) is 0 Å². The molecule has 0 aliphatic rings. The van der Waals surface area contributed by atoms with Crippen molar-refractivity contribution in [2.75, 3.05) is 0 Å². The molecule has 0 atom stereocenters. The van der Waals surface area contributed by atoms with Crippen LogP contribution in [0.2, 0.25) is 0 Å². The summed E-state index contributed by atoms with van der Waals surface area (Å²) in [5.74, 6) is 0. The Morgan fingerprint density at radius 3 is 0.669 bits per heavy atom. The van der Waals surface area contributed by atoms with Crippen LogP contribution in [-0.4, -0.2) is 19.9 Å². The zero-order valence-electron chi connectivity index (χ0n) is 64.5. The van der Waals surface area contributed by atoms with E-state index in [4.69, 9.17) is 19.9 Å². The zero-order chi connectivity index (χ0) is 78.2.